The zero-order chi connectivity index (χ0) is 14.0. The number of aromatic hydroxyl groups is 1. The topological polar surface area (TPSA) is 98.4 Å². The van der Waals surface area contributed by atoms with Gasteiger partial charge in [0.2, 0.25) is 0 Å². The van der Waals surface area contributed by atoms with Crippen LogP contribution in [0.5, 0.6) is 17.4 Å². The molecule has 0 atom stereocenters. The van der Waals surface area contributed by atoms with Crippen LogP contribution in [0.15, 0.2) is 24.3 Å². The van der Waals surface area contributed by atoms with Crippen molar-refractivity contribution in [2.24, 2.45) is 0 Å². The SMILES string of the molecule is Cc1c(Oc2nnc(Cl)cc2O)cccc1[N+](=O)[O-]. The molecule has 98 valence electrons. The van der Waals surface area contributed by atoms with Crippen molar-refractivity contribution in [3.63, 3.8) is 0 Å². The predicted molar refractivity (Wildman–Crippen MR) is 66.6 cm³/mol. The number of nitro groups is 1. The molecule has 0 amide bonds. The van der Waals surface area contributed by atoms with Gasteiger partial charge in [0, 0.05) is 12.1 Å². The summed E-state index contributed by atoms with van der Waals surface area (Å²) in [6.45, 7) is 1.54. The fraction of sp³-hybridized carbons (Fsp3) is 0.0909. The third-order valence-corrected chi connectivity index (χ3v) is 2.55. The van der Waals surface area contributed by atoms with Crippen molar-refractivity contribution >= 4 is 17.3 Å². The summed E-state index contributed by atoms with van der Waals surface area (Å²) in [5.74, 6) is -0.264. The fourth-order valence-corrected chi connectivity index (χ4v) is 1.58. The minimum Gasteiger partial charge on any atom is -0.503 e. The Morgan fingerprint density at radius 2 is 2.16 bits per heavy atom. The average molecular weight is 282 g/mol. The molecule has 1 aromatic carbocycles. The van der Waals surface area contributed by atoms with Gasteiger partial charge in [0.25, 0.3) is 11.6 Å². The number of hydrogen-bond acceptors (Lipinski definition) is 6. The highest BCUT2D eigenvalue weighted by atomic mass is 35.5. The molecule has 7 nitrogen and oxygen atoms in total. The lowest BCUT2D eigenvalue weighted by atomic mass is 10.2. The molecule has 0 aliphatic rings. The van der Waals surface area contributed by atoms with Crippen LogP contribution < -0.4 is 4.74 Å². The summed E-state index contributed by atoms with van der Waals surface area (Å²) in [5.41, 5.74) is 0.238. The number of halogens is 1. The number of rotatable bonds is 3. The lowest BCUT2D eigenvalue weighted by Crippen LogP contribution is -1.96. The summed E-state index contributed by atoms with van der Waals surface area (Å²) in [7, 11) is 0. The highest BCUT2D eigenvalue weighted by Gasteiger charge is 2.16. The molecule has 0 radical (unpaired) electrons. The van der Waals surface area contributed by atoms with E-state index in [-0.39, 0.29) is 28.2 Å². The Labute approximate surface area is 112 Å². The zero-order valence-corrected chi connectivity index (χ0v) is 10.5. The summed E-state index contributed by atoms with van der Waals surface area (Å²) < 4.78 is 5.30. The van der Waals surface area contributed by atoms with E-state index in [1.807, 2.05) is 0 Å². The molecule has 0 unspecified atom stereocenters. The lowest BCUT2D eigenvalue weighted by molar-refractivity contribution is -0.385. The van der Waals surface area contributed by atoms with E-state index in [0.29, 0.717) is 5.56 Å². The van der Waals surface area contributed by atoms with Crippen LogP contribution in [0, 0.1) is 17.0 Å². The van der Waals surface area contributed by atoms with Crippen molar-refractivity contribution in [3.05, 3.63) is 45.1 Å². The molecule has 2 aromatic rings. The Morgan fingerprint density at radius 1 is 1.42 bits per heavy atom. The Morgan fingerprint density at radius 3 is 2.79 bits per heavy atom. The van der Waals surface area contributed by atoms with E-state index in [1.165, 1.54) is 25.1 Å². The lowest BCUT2D eigenvalue weighted by Gasteiger charge is -2.08. The van der Waals surface area contributed by atoms with Gasteiger partial charge in [-0.2, -0.15) is 0 Å². The van der Waals surface area contributed by atoms with Crippen LogP contribution in [-0.2, 0) is 0 Å². The number of nitrogens with zero attached hydrogens (tertiary/aromatic N) is 3. The van der Waals surface area contributed by atoms with E-state index < -0.39 is 4.92 Å². The Kier molecular flexibility index (Phi) is 3.48. The highest BCUT2D eigenvalue weighted by molar-refractivity contribution is 6.29. The Bertz CT molecular complexity index is 648. The molecule has 2 rings (SSSR count). The van der Waals surface area contributed by atoms with Crippen LogP contribution in [0.25, 0.3) is 0 Å². The normalized spacial score (nSPS) is 10.2. The first kappa shape index (κ1) is 13.0. The van der Waals surface area contributed by atoms with Crippen LogP contribution in [0.4, 0.5) is 5.69 Å². The van der Waals surface area contributed by atoms with Gasteiger partial charge >= 0.3 is 0 Å². The van der Waals surface area contributed by atoms with Crippen molar-refractivity contribution in [2.75, 3.05) is 0 Å². The standard InChI is InChI=1S/C11H8ClN3O4/c1-6-7(15(17)18)3-2-4-9(6)19-11-8(16)5-10(12)13-14-11/h2-5H,1H3,(H,13,16). The monoisotopic (exact) mass is 281 g/mol. The Balaban J connectivity index is 2.38. The predicted octanol–water partition coefficient (Wildman–Crippen LogP) is 2.84. The largest absolute Gasteiger partial charge is 0.503 e. The molecule has 0 bridgehead atoms. The first-order valence-electron chi connectivity index (χ1n) is 5.13. The molecule has 8 heteroatoms. The summed E-state index contributed by atoms with van der Waals surface area (Å²) in [6, 6.07) is 5.52. The number of aromatic nitrogens is 2. The van der Waals surface area contributed by atoms with Crippen molar-refractivity contribution in [1.82, 2.24) is 10.2 Å². The third-order valence-electron chi connectivity index (χ3n) is 2.37. The second kappa shape index (κ2) is 5.07. The number of benzene rings is 1. The van der Waals surface area contributed by atoms with Gasteiger partial charge < -0.3 is 9.84 Å². The molecule has 0 aliphatic heterocycles. The van der Waals surface area contributed by atoms with E-state index in [4.69, 9.17) is 16.3 Å². The molecule has 19 heavy (non-hydrogen) atoms. The van der Waals surface area contributed by atoms with Gasteiger partial charge in [0.1, 0.15) is 5.75 Å². The van der Waals surface area contributed by atoms with Crippen molar-refractivity contribution < 1.29 is 14.8 Å². The van der Waals surface area contributed by atoms with Crippen LogP contribution in [-0.4, -0.2) is 20.2 Å². The number of nitro benzene ring substituents is 1. The minimum absolute atomic E-state index is 0.0145. The van der Waals surface area contributed by atoms with E-state index in [2.05, 4.69) is 10.2 Å². The second-order valence-corrected chi connectivity index (χ2v) is 4.00. The van der Waals surface area contributed by atoms with Crippen LogP contribution >= 0.6 is 11.6 Å². The van der Waals surface area contributed by atoms with E-state index in [9.17, 15) is 15.2 Å². The van der Waals surface area contributed by atoms with Gasteiger partial charge in [-0.25, -0.2) is 0 Å². The second-order valence-electron chi connectivity index (χ2n) is 3.62. The summed E-state index contributed by atoms with van der Waals surface area (Å²) >= 11 is 5.54. The fourth-order valence-electron chi connectivity index (χ4n) is 1.44. The molecule has 0 saturated heterocycles. The van der Waals surface area contributed by atoms with Crippen molar-refractivity contribution in [1.29, 1.82) is 0 Å². The van der Waals surface area contributed by atoms with Crippen LogP contribution in [0.3, 0.4) is 0 Å². The first-order chi connectivity index (χ1) is 8.99. The van der Waals surface area contributed by atoms with Crippen molar-refractivity contribution in [2.45, 2.75) is 6.92 Å². The Hall–Kier alpha value is -2.41. The molecule has 0 fully saturated rings. The molecule has 1 N–H and O–H groups in total. The van der Waals surface area contributed by atoms with E-state index >= 15 is 0 Å². The third kappa shape index (κ3) is 2.71. The molecular formula is C11H8ClN3O4. The molecule has 0 aliphatic carbocycles. The maximum Gasteiger partial charge on any atom is 0.281 e. The quantitative estimate of drug-likeness (QED) is 0.686. The van der Waals surface area contributed by atoms with Gasteiger partial charge in [-0.1, -0.05) is 17.7 Å². The van der Waals surface area contributed by atoms with Gasteiger partial charge in [-0.05, 0) is 13.0 Å². The summed E-state index contributed by atoms with van der Waals surface area (Å²) in [5, 5.41) is 27.5. The van der Waals surface area contributed by atoms with E-state index in [1.54, 1.807) is 0 Å². The number of ether oxygens (including phenoxy) is 1. The van der Waals surface area contributed by atoms with Crippen LogP contribution in [0.1, 0.15) is 5.56 Å². The summed E-state index contributed by atoms with van der Waals surface area (Å²) in [6.07, 6.45) is 0. The molecule has 1 heterocycles. The van der Waals surface area contributed by atoms with Gasteiger partial charge in [0.05, 0.1) is 10.5 Å². The highest BCUT2D eigenvalue weighted by Crippen LogP contribution is 2.33. The first-order valence-corrected chi connectivity index (χ1v) is 5.51. The number of hydrogen-bond donors (Lipinski definition) is 1. The minimum atomic E-state index is -0.518. The molecule has 1 aromatic heterocycles. The van der Waals surface area contributed by atoms with Crippen molar-refractivity contribution in [3.8, 4) is 17.4 Å². The maximum absolute atomic E-state index is 10.8. The molecule has 0 spiro atoms. The average Bonchev–Trinajstić information content (AvgIpc) is 2.34. The van der Waals surface area contributed by atoms with E-state index in [0.717, 1.165) is 6.07 Å². The summed E-state index contributed by atoms with van der Waals surface area (Å²) in [4.78, 5) is 10.3. The molecular weight excluding hydrogens is 274 g/mol. The van der Waals surface area contributed by atoms with Gasteiger partial charge in [-0.15, -0.1) is 10.2 Å². The van der Waals surface area contributed by atoms with Gasteiger partial charge in [0.15, 0.2) is 10.9 Å². The van der Waals surface area contributed by atoms with Crippen LogP contribution in [0.2, 0.25) is 5.15 Å². The van der Waals surface area contributed by atoms with Gasteiger partial charge in [-0.3, -0.25) is 10.1 Å². The zero-order valence-electron chi connectivity index (χ0n) is 9.70. The molecule has 0 saturated carbocycles. The smallest absolute Gasteiger partial charge is 0.281 e. The maximum atomic E-state index is 10.8.